The first-order valence-corrected chi connectivity index (χ1v) is 36.4. The molecule has 0 unspecified atom stereocenters. The van der Waals surface area contributed by atoms with Gasteiger partial charge in [-0.15, -0.1) is 0 Å². The van der Waals surface area contributed by atoms with Crippen LogP contribution in [0.4, 0.5) is 0 Å². The number of unbranched alkanes of at least 4 members (excludes halogenated alkanes) is 1. The molecule has 13 atom stereocenters. The van der Waals surface area contributed by atoms with Gasteiger partial charge in [0.15, 0.2) is 0 Å². The molecule has 7 rings (SSSR count). The Labute approximate surface area is 639 Å². The predicted octanol–water partition coefficient (Wildman–Crippen LogP) is -0.843. The number of phenolic OH excluding ortho intramolecular Hbond substituents is 4. The number of hydrogen-bond acceptors (Lipinski definition) is 21. The van der Waals surface area contributed by atoms with Crippen LogP contribution in [-0.2, 0) is 91.3 Å². The molecule has 31 nitrogen and oxygen atoms in total. The van der Waals surface area contributed by atoms with Crippen LogP contribution in [0.2, 0.25) is 0 Å². The molecule has 23 N–H and O–H groups in total. The summed E-state index contributed by atoms with van der Waals surface area (Å²) in [7, 11) is 0. The van der Waals surface area contributed by atoms with Crippen molar-refractivity contribution < 1.29 is 83.4 Å². The molecule has 1 aromatic heterocycles. The molecule has 7 aromatic rings. The molecule has 6 aromatic carbocycles. The minimum Gasteiger partial charge on any atom is -0.508 e. The maximum absolute atomic E-state index is 15.2. The van der Waals surface area contributed by atoms with Gasteiger partial charge in [-0.25, -0.2) is 0 Å². The zero-order chi connectivity index (χ0) is 79.4. The van der Waals surface area contributed by atoms with E-state index in [2.05, 4.69) is 83.4 Å². The number of thiol groups is 2. The summed E-state index contributed by atoms with van der Waals surface area (Å²) < 4.78 is 0. The molecule has 0 bridgehead atoms. The van der Waals surface area contributed by atoms with Crippen LogP contribution in [0.5, 0.6) is 23.0 Å². The number of aromatic nitrogens is 1. The van der Waals surface area contributed by atoms with Gasteiger partial charge in [-0.1, -0.05) is 97.1 Å². The molecular formula is C76H94N14O17S2. The van der Waals surface area contributed by atoms with Crippen molar-refractivity contribution in [2.24, 2.45) is 17.2 Å². The molecule has 11 amide bonds. The molecule has 1 heterocycles. The number of aromatic hydroxyl groups is 4. The van der Waals surface area contributed by atoms with Crippen molar-refractivity contribution in [2.45, 2.75) is 150 Å². The number of nitrogens with one attached hydrogen (secondary N) is 11. The number of carbonyl (C=O) groups excluding carboxylic acids is 11. The van der Waals surface area contributed by atoms with Crippen molar-refractivity contribution in [3.8, 4) is 23.0 Å². The quantitative estimate of drug-likeness (QED) is 0.0164. The maximum atomic E-state index is 15.2. The standard InChI is InChI=1S/C76H94N14O17S2/c1-41(91)64(66(79)97)89-75(106)63(40-109)88-76(107)65(42(2)92)90-68(99)56(14-8-9-31-77)81-73(104)61(37-48-38-80-55-13-7-6-12-53(48)55)86-71(102)58(33-43-10-4-3-5-11-43)85-74(105)62(39-108)87-72(103)60(36-47-21-29-52(96)30-22-47)84-70(101)59(35-46-19-27-51(95)28-20-46)83-69(100)57(34-45-17-25-50(94)26-18-45)82-67(98)54(78)32-44-15-23-49(93)24-16-44/h3-7,10-13,15-30,38,41-42,54,56-65,80,91-96,108-109H,8-9,14,31-37,39-40,77-78H2,1-2H3,(H2,79,97)(H,81,104)(H,82,98)(H,83,100)(H,84,101)(H,85,105)(H,86,102)(H,87,103)(H,88,107)(H,89,106)(H,90,99)/t41-,42-,54-,56+,57+,58+,59+,60-,61-,62+,63+,64+,65+/m1/s1. The van der Waals surface area contributed by atoms with Crippen molar-refractivity contribution in [3.05, 3.63) is 191 Å². The third-order valence-corrected chi connectivity index (χ3v) is 18.5. The first-order valence-electron chi connectivity index (χ1n) is 35.1. The van der Waals surface area contributed by atoms with Crippen molar-refractivity contribution in [1.29, 1.82) is 0 Å². The Balaban J connectivity index is 1.15. The Hall–Kier alpha value is -11.2. The van der Waals surface area contributed by atoms with Gasteiger partial charge in [0.25, 0.3) is 0 Å². The Morgan fingerprint density at radius 3 is 1.10 bits per heavy atom. The highest BCUT2D eigenvalue weighted by Gasteiger charge is 2.38. The fourth-order valence-electron chi connectivity index (χ4n) is 11.7. The van der Waals surface area contributed by atoms with Crippen LogP contribution in [0, 0.1) is 0 Å². The third-order valence-electron chi connectivity index (χ3n) is 17.8. The van der Waals surface area contributed by atoms with E-state index >= 15 is 14.4 Å². The normalized spacial score (nSPS) is 14.8. The lowest BCUT2D eigenvalue weighted by Gasteiger charge is -2.29. The van der Waals surface area contributed by atoms with E-state index in [1.807, 2.05) is 0 Å². The van der Waals surface area contributed by atoms with Crippen LogP contribution in [0.15, 0.2) is 158 Å². The molecule has 0 saturated carbocycles. The Morgan fingerprint density at radius 1 is 0.376 bits per heavy atom. The zero-order valence-corrected chi connectivity index (χ0v) is 61.6. The number of benzene rings is 6. The molecule has 0 aliphatic carbocycles. The second-order valence-electron chi connectivity index (χ2n) is 26.3. The fraction of sp³-hybridized carbons (Fsp3) is 0.355. The third kappa shape index (κ3) is 26.3. The second kappa shape index (κ2) is 41.8. The van der Waals surface area contributed by atoms with Gasteiger partial charge in [-0.05, 0) is 134 Å². The van der Waals surface area contributed by atoms with Crippen molar-refractivity contribution >= 4 is 101 Å². The predicted molar refractivity (Wildman–Crippen MR) is 410 cm³/mol. The number of carbonyl (C=O) groups is 11. The number of amides is 11. The summed E-state index contributed by atoms with van der Waals surface area (Å²) in [4.78, 5) is 160. The highest BCUT2D eigenvalue weighted by atomic mass is 32.1. The summed E-state index contributed by atoms with van der Waals surface area (Å²) in [5.41, 5.74) is 21.1. The molecule has 0 saturated heterocycles. The first kappa shape index (κ1) is 85.0. The number of primary amides is 1. The summed E-state index contributed by atoms with van der Waals surface area (Å²) in [6, 6.07) is 21.8. The number of H-pyrrole nitrogens is 1. The van der Waals surface area contributed by atoms with Crippen LogP contribution in [0.3, 0.4) is 0 Å². The van der Waals surface area contributed by atoms with Crippen LogP contribution in [-0.4, -0.2) is 197 Å². The summed E-state index contributed by atoms with van der Waals surface area (Å²) in [6.07, 6.45) is -2.16. The van der Waals surface area contributed by atoms with Gasteiger partial charge in [0.05, 0.1) is 18.2 Å². The Bertz CT molecular complexity index is 4240. The van der Waals surface area contributed by atoms with Gasteiger partial charge < -0.3 is 106 Å². The zero-order valence-electron chi connectivity index (χ0n) is 59.8. The highest BCUT2D eigenvalue weighted by Crippen LogP contribution is 2.22. The van der Waals surface area contributed by atoms with E-state index in [0.717, 1.165) is 0 Å². The molecule has 0 aliphatic rings. The minimum atomic E-state index is -1.78. The van der Waals surface area contributed by atoms with Gasteiger partial charge in [-0.2, -0.15) is 25.3 Å². The summed E-state index contributed by atoms with van der Waals surface area (Å²) >= 11 is 8.60. The number of rotatable bonds is 41. The van der Waals surface area contributed by atoms with E-state index in [1.54, 1.807) is 72.9 Å². The molecule has 0 fully saturated rings. The second-order valence-corrected chi connectivity index (χ2v) is 27.1. The van der Waals surface area contributed by atoms with Crippen molar-refractivity contribution in [2.75, 3.05) is 18.1 Å². The Morgan fingerprint density at radius 2 is 0.697 bits per heavy atom. The van der Waals surface area contributed by atoms with Crippen molar-refractivity contribution in [3.63, 3.8) is 0 Å². The number of nitrogens with two attached hydrogens (primary N) is 3. The largest absolute Gasteiger partial charge is 0.508 e. The molecule has 33 heteroatoms. The smallest absolute Gasteiger partial charge is 0.245 e. The first-order chi connectivity index (χ1) is 52.0. The van der Waals surface area contributed by atoms with Gasteiger partial charge in [0.1, 0.15) is 83.4 Å². The molecule has 0 aliphatic heterocycles. The average Bonchev–Trinajstić information content (AvgIpc) is 1.75. The summed E-state index contributed by atoms with van der Waals surface area (Å²) in [5, 5.41) is 88.0. The van der Waals surface area contributed by atoms with Crippen LogP contribution in [0.25, 0.3) is 10.9 Å². The van der Waals surface area contributed by atoms with Crippen molar-refractivity contribution in [1.82, 2.24) is 58.2 Å². The average molecular weight is 1540 g/mol. The van der Waals surface area contributed by atoms with Gasteiger partial charge in [-0.3, -0.25) is 52.7 Å². The fourth-order valence-corrected chi connectivity index (χ4v) is 12.2. The Kier molecular flexibility index (Phi) is 32.6. The molecule has 109 heavy (non-hydrogen) atoms. The lowest BCUT2D eigenvalue weighted by molar-refractivity contribution is -0.137. The summed E-state index contributed by atoms with van der Waals surface area (Å²) in [6.45, 7) is 2.55. The van der Waals surface area contributed by atoms with E-state index in [4.69, 9.17) is 17.2 Å². The van der Waals surface area contributed by atoms with E-state index in [1.165, 1.54) is 98.8 Å². The highest BCUT2D eigenvalue weighted by molar-refractivity contribution is 7.80. The van der Waals surface area contributed by atoms with Crippen LogP contribution < -0.4 is 70.4 Å². The van der Waals surface area contributed by atoms with Gasteiger partial charge >= 0.3 is 0 Å². The van der Waals surface area contributed by atoms with Gasteiger partial charge in [0.2, 0.25) is 65.0 Å². The number of aromatic amines is 1. The number of aliphatic hydroxyl groups is 2. The SMILES string of the molecule is C[C@@H](O)[C@H](NC(=O)[C@H](CS)NC(=O)[C@@H](NC(=O)[C@H](CCCCN)NC(=O)[C@@H](Cc1c[nH]c2ccccc12)NC(=O)[C@H](Cc1ccccc1)NC(=O)[C@H](CS)NC(=O)[C@@H](Cc1ccc(O)cc1)NC(=O)[C@H](Cc1ccc(O)cc1)NC(=O)[C@H](Cc1ccc(O)cc1)NC(=O)[C@H](N)Cc1ccc(O)cc1)[C@@H](C)O)C(N)=O. The molecule has 0 spiro atoms. The molecular weight excluding hydrogens is 1450 g/mol. The number of hydrogen-bond donors (Lipinski definition) is 22. The van der Waals surface area contributed by atoms with Crippen LogP contribution >= 0.6 is 25.3 Å². The number of aliphatic hydroxyl groups excluding tert-OH is 2. The number of phenols is 4. The number of fused-ring (bicyclic) bond motifs is 1. The maximum Gasteiger partial charge on any atom is 0.245 e. The molecule has 582 valence electrons. The monoisotopic (exact) mass is 1540 g/mol. The lowest BCUT2D eigenvalue weighted by atomic mass is 10.00. The van der Waals surface area contributed by atoms with E-state index in [0.29, 0.717) is 50.7 Å². The van der Waals surface area contributed by atoms with E-state index in [-0.39, 0.29) is 86.7 Å². The van der Waals surface area contributed by atoms with Gasteiger partial charge in [0, 0.05) is 60.7 Å². The van der Waals surface area contributed by atoms with Crippen LogP contribution in [0.1, 0.15) is 66.5 Å². The summed E-state index contributed by atoms with van der Waals surface area (Å²) in [5.74, 6) is -11.7. The molecule has 0 radical (unpaired) electrons. The minimum absolute atomic E-state index is 0.00299. The lowest BCUT2D eigenvalue weighted by Crippen LogP contribution is -2.62. The topological polar surface area (TPSA) is 523 Å². The number of para-hydroxylation sites is 1. The van der Waals surface area contributed by atoms with E-state index < -0.39 is 149 Å². The van der Waals surface area contributed by atoms with E-state index in [9.17, 15) is 69.0 Å².